The van der Waals surface area contributed by atoms with Crippen molar-refractivity contribution in [3.8, 4) is 0 Å². The van der Waals surface area contributed by atoms with Crippen molar-refractivity contribution in [2.24, 2.45) is 5.14 Å². The number of sulfonamides is 1. The van der Waals surface area contributed by atoms with Gasteiger partial charge >= 0.3 is 0 Å². The predicted molar refractivity (Wildman–Crippen MR) is 79.5 cm³/mol. The van der Waals surface area contributed by atoms with Crippen LogP contribution in [0.2, 0.25) is 0 Å². The number of aryl methyl sites for hydroxylation is 2. The Morgan fingerprint density at radius 1 is 1.14 bits per heavy atom. The highest BCUT2D eigenvalue weighted by molar-refractivity contribution is 7.89. The highest BCUT2D eigenvalue weighted by atomic mass is 32.2. The van der Waals surface area contributed by atoms with Crippen LogP contribution in [-0.4, -0.2) is 19.3 Å². The maximum absolute atomic E-state index is 12.1. The van der Waals surface area contributed by atoms with Gasteiger partial charge in [0.25, 0.3) is 5.91 Å². The molecule has 0 saturated heterocycles. The number of anilines is 1. The summed E-state index contributed by atoms with van der Waals surface area (Å²) in [4.78, 5) is 16.0. The van der Waals surface area contributed by atoms with E-state index < -0.39 is 10.0 Å². The fourth-order valence-electron chi connectivity index (χ4n) is 1.97. The molecule has 0 spiro atoms. The quantitative estimate of drug-likeness (QED) is 0.899. The Hall–Kier alpha value is -2.25. The summed E-state index contributed by atoms with van der Waals surface area (Å²) < 4.78 is 22.8. The third kappa shape index (κ3) is 3.45. The fourth-order valence-corrected chi connectivity index (χ4v) is 2.66. The number of hydrogen-bond acceptors (Lipinski definition) is 4. The van der Waals surface area contributed by atoms with Gasteiger partial charge in [-0.1, -0.05) is 0 Å². The van der Waals surface area contributed by atoms with E-state index in [2.05, 4.69) is 10.3 Å². The van der Waals surface area contributed by atoms with Gasteiger partial charge in [-0.3, -0.25) is 9.78 Å². The summed E-state index contributed by atoms with van der Waals surface area (Å²) in [6.07, 6.45) is 3.05. The Labute approximate surface area is 123 Å². The van der Waals surface area contributed by atoms with E-state index >= 15 is 0 Å². The number of carbonyl (C=O) groups is 1. The lowest BCUT2D eigenvalue weighted by Crippen LogP contribution is -2.16. The molecule has 1 aromatic carbocycles. The number of primary sulfonamides is 1. The molecule has 1 aromatic heterocycles. The van der Waals surface area contributed by atoms with Crippen LogP contribution in [0.15, 0.2) is 41.6 Å². The number of benzene rings is 1. The summed E-state index contributed by atoms with van der Waals surface area (Å²) in [5.41, 5.74) is 2.30. The summed E-state index contributed by atoms with van der Waals surface area (Å²) >= 11 is 0. The number of carbonyl (C=O) groups excluding carboxylic acids is 1. The van der Waals surface area contributed by atoms with Crippen molar-refractivity contribution in [2.75, 3.05) is 5.32 Å². The van der Waals surface area contributed by atoms with Crippen LogP contribution in [0.4, 0.5) is 5.69 Å². The topological polar surface area (TPSA) is 102 Å². The molecule has 1 heterocycles. The second kappa shape index (κ2) is 5.63. The highest BCUT2D eigenvalue weighted by Gasteiger charge is 2.14. The maximum atomic E-state index is 12.1. The van der Waals surface area contributed by atoms with E-state index in [0.717, 1.165) is 0 Å². The number of aromatic nitrogens is 1. The van der Waals surface area contributed by atoms with E-state index in [1.54, 1.807) is 26.0 Å². The molecule has 0 fully saturated rings. The average Bonchev–Trinajstić information content (AvgIpc) is 2.42. The number of nitrogens with two attached hydrogens (primary N) is 1. The van der Waals surface area contributed by atoms with Crippen LogP contribution in [0.1, 0.15) is 21.5 Å². The van der Waals surface area contributed by atoms with E-state index in [-0.39, 0.29) is 10.8 Å². The van der Waals surface area contributed by atoms with Crippen LogP contribution in [0.5, 0.6) is 0 Å². The first-order valence-corrected chi connectivity index (χ1v) is 7.69. The number of pyridine rings is 1. The molecule has 0 radical (unpaired) electrons. The minimum atomic E-state index is -3.77. The summed E-state index contributed by atoms with van der Waals surface area (Å²) in [5.74, 6) is -0.285. The Morgan fingerprint density at radius 2 is 1.67 bits per heavy atom. The first-order valence-electron chi connectivity index (χ1n) is 6.14. The number of nitrogens with one attached hydrogen (secondary N) is 1. The number of nitrogens with zero attached hydrogens (tertiary/aromatic N) is 1. The van der Waals surface area contributed by atoms with Gasteiger partial charge < -0.3 is 5.32 Å². The molecule has 110 valence electrons. The molecule has 2 rings (SSSR count). The van der Waals surface area contributed by atoms with Gasteiger partial charge in [-0.05, 0) is 49.2 Å². The van der Waals surface area contributed by atoms with E-state index in [4.69, 9.17) is 5.14 Å². The molecule has 21 heavy (non-hydrogen) atoms. The zero-order valence-corrected chi connectivity index (χ0v) is 12.4. The van der Waals surface area contributed by atoms with Gasteiger partial charge in [-0.2, -0.15) is 0 Å². The van der Waals surface area contributed by atoms with Crippen molar-refractivity contribution < 1.29 is 13.2 Å². The van der Waals surface area contributed by atoms with Gasteiger partial charge in [-0.25, -0.2) is 13.6 Å². The van der Waals surface area contributed by atoms with E-state index in [0.29, 0.717) is 22.4 Å². The third-order valence-corrected chi connectivity index (χ3v) is 3.91. The van der Waals surface area contributed by atoms with Crippen molar-refractivity contribution in [1.29, 1.82) is 0 Å². The molecule has 1 amide bonds. The molecular formula is C14H15N3O3S. The van der Waals surface area contributed by atoms with Crippen molar-refractivity contribution in [3.63, 3.8) is 0 Å². The van der Waals surface area contributed by atoms with Gasteiger partial charge in [-0.15, -0.1) is 0 Å². The van der Waals surface area contributed by atoms with E-state index in [9.17, 15) is 13.2 Å². The van der Waals surface area contributed by atoms with Gasteiger partial charge in [0.1, 0.15) is 0 Å². The average molecular weight is 305 g/mol. The minimum Gasteiger partial charge on any atom is -0.322 e. The second-order valence-corrected chi connectivity index (χ2v) is 6.23. The SMILES string of the molecule is Cc1cc(S(N)(=O)=O)cc(C)c1NC(=O)c1ccncc1. The lowest BCUT2D eigenvalue weighted by atomic mass is 10.1. The Bertz CT molecular complexity index is 763. The molecule has 0 aliphatic heterocycles. The van der Waals surface area contributed by atoms with Crippen LogP contribution >= 0.6 is 0 Å². The molecule has 0 aliphatic rings. The largest absolute Gasteiger partial charge is 0.322 e. The summed E-state index contributed by atoms with van der Waals surface area (Å²) in [7, 11) is -3.77. The maximum Gasteiger partial charge on any atom is 0.255 e. The molecule has 7 heteroatoms. The molecular weight excluding hydrogens is 290 g/mol. The number of amides is 1. The van der Waals surface area contributed by atoms with Gasteiger partial charge in [0, 0.05) is 23.6 Å². The normalized spacial score (nSPS) is 11.2. The fraction of sp³-hybridized carbons (Fsp3) is 0.143. The third-order valence-electron chi connectivity index (χ3n) is 3.02. The molecule has 0 bridgehead atoms. The summed E-state index contributed by atoms with van der Waals surface area (Å²) in [6, 6.07) is 6.06. The van der Waals surface area contributed by atoms with Crippen LogP contribution in [0, 0.1) is 13.8 Å². The predicted octanol–water partition coefficient (Wildman–Crippen LogP) is 1.60. The number of rotatable bonds is 3. The van der Waals surface area contributed by atoms with Gasteiger partial charge in [0.05, 0.1) is 4.90 Å². The molecule has 0 saturated carbocycles. The Morgan fingerprint density at radius 3 is 2.14 bits per heavy atom. The van der Waals surface area contributed by atoms with Crippen molar-refractivity contribution in [3.05, 3.63) is 53.3 Å². The molecule has 6 nitrogen and oxygen atoms in total. The van der Waals surface area contributed by atoms with Crippen LogP contribution < -0.4 is 10.5 Å². The Kier molecular flexibility index (Phi) is 4.06. The van der Waals surface area contributed by atoms with Crippen LogP contribution in [0.3, 0.4) is 0 Å². The van der Waals surface area contributed by atoms with E-state index in [1.165, 1.54) is 24.5 Å². The first-order chi connectivity index (χ1) is 9.79. The molecule has 2 aromatic rings. The van der Waals surface area contributed by atoms with Crippen molar-refractivity contribution in [2.45, 2.75) is 18.7 Å². The lowest BCUT2D eigenvalue weighted by Gasteiger charge is -2.13. The van der Waals surface area contributed by atoms with E-state index in [1.807, 2.05) is 0 Å². The van der Waals surface area contributed by atoms with Gasteiger partial charge in [0.15, 0.2) is 0 Å². The molecule has 0 atom stereocenters. The summed E-state index contributed by atoms with van der Waals surface area (Å²) in [6.45, 7) is 3.42. The zero-order valence-electron chi connectivity index (χ0n) is 11.6. The first kappa shape index (κ1) is 15.1. The Balaban J connectivity index is 2.36. The van der Waals surface area contributed by atoms with Gasteiger partial charge in [0.2, 0.25) is 10.0 Å². The molecule has 0 unspecified atom stereocenters. The smallest absolute Gasteiger partial charge is 0.255 e. The highest BCUT2D eigenvalue weighted by Crippen LogP contribution is 2.24. The monoisotopic (exact) mass is 305 g/mol. The molecule has 0 aliphatic carbocycles. The number of hydrogen-bond donors (Lipinski definition) is 2. The van der Waals surface area contributed by atoms with Crippen molar-refractivity contribution >= 4 is 21.6 Å². The minimum absolute atomic E-state index is 0.0272. The lowest BCUT2D eigenvalue weighted by molar-refractivity contribution is 0.102. The van der Waals surface area contributed by atoms with Crippen LogP contribution in [-0.2, 0) is 10.0 Å². The van der Waals surface area contributed by atoms with Crippen molar-refractivity contribution in [1.82, 2.24) is 4.98 Å². The standard InChI is InChI=1S/C14H15N3O3S/c1-9-7-12(21(15,19)20)8-10(2)13(9)17-14(18)11-3-5-16-6-4-11/h3-8H,1-2H3,(H,17,18)(H2,15,19,20). The van der Waals surface area contributed by atoms with Crippen LogP contribution in [0.25, 0.3) is 0 Å². The summed E-state index contributed by atoms with van der Waals surface area (Å²) in [5, 5.41) is 7.89. The second-order valence-electron chi connectivity index (χ2n) is 4.67. The zero-order chi connectivity index (χ0) is 15.6. The molecule has 3 N–H and O–H groups in total.